The Morgan fingerprint density at radius 3 is 2.58 bits per heavy atom. The van der Waals surface area contributed by atoms with Crippen molar-refractivity contribution in [1.29, 1.82) is 0 Å². The summed E-state index contributed by atoms with van der Waals surface area (Å²) in [5.41, 5.74) is 2.29. The van der Waals surface area contributed by atoms with E-state index in [1.54, 1.807) is 12.1 Å². The van der Waals surface area contributed by atoms with Crippen molar-refractivity contribution in [2.45, 2.75) is 58.8 Å². The normalized spacial score (nSPS) is 24.4. The number of benzene rings is 2. The summed E-state index contributed by atoms with van der Waals surface area (Å²) in [5.74, 6) is 0.438. The molecular weight excluding hydrogens is 396 g/mol. The second kappa shape index (κ2) is 6.71. The highest BCUT2D eigenvalue weighted by molar-refractivity contribution is 5.97. The van der Waals surface area contributed by atoms with Gasteiger partial charge in [-0.25, -0.2) is 0 Å². The zero-order valence-corrected chi connectivity index (χ0v) is 18.5. The van der Waals surface area contributed by atoms with Crippen molar-refractivity contribution in [3.05, 3.63) is 45.1 Å². The smallest absolute Gasteiger partial charge is 0.204 e. The zero-order chi connectivity index (χ0) is 22.2. The van der Waals surface area contributed by atoms with Gasteiger partial charge in [-0.15, -0.1) is 0 Å². The summed E-state index contributed by atoms with van der Waals surface area (Å²) in [5, 5.41) is 22.2. The van der Waals surface area contributed by atoms with E-state index in [1.165, 1.54) is 6.07 Å². The Morgan fingerprint density at radius 1 is 1.23 bits per heavy atom. The molecule has 0 bridgehead atoms. The van der Waals surface area contributed by atoms with Crippen LogP contribution in [0.15, 0.2) is 27.4 Å². The minimum absolute atomic E-state index is 0.0357. The first kappa shape index (κ1) is 20.3. The van der Waals surface area contributed by atoms with Crippen LogP contribution in [-0.4, -0.2) is 28.5 Å². The van der Waals surface area contributed by atoms with E-state index in [9.17, 15) is 15.0 Å². The molecule has 6 heteroatoms. The number of hydrogen-bond acceptors (Lipinski definition) is 6. The van der Waals surface area contributed by atoms with Gasteiger partial charge in [-0.1, -0.05) is 19.9 Å². The van der Waals surface area contributed by atoms with Crippen LogP contribution in [0.25, 0.3) is 21.9 Å². The molecule has 0 aliphatic carbocycles. The first-order valence-corrected chi connectivity index (χ1v) is 10.8. The Bertz CT molecular complexity index is 1270. The highest BCUT2D eigenvalue weighted by atomic mass is 16.6. The summed E-state index contributed by atoms with van der Waals surface area (Å²) >= 11 is 0. The highest BCUT2D eigenvalue weighted by Crippen LogP contribution is 2.45. The van der Waals surface area contributed by atoms with Crippen molar-refractivity contribution in [3.8, 4) is 11.5 Å². The van der Waals surface area contributed by atoms with Gasteiger partial charge in [-0.2, -0.15) is 0 Å². The fourth-order valence-electron chi connectivity index (χ4n) is 4.79. The Morgan fingerprint density at radius 2 is 1.94 bits per heavy atom. The number of aryl methyl sites for hydroxylation is 1. The van der Waals surface area contributed by atoms with Gasteiger partial charge in [-0.3, -0.25) is 4.79 Å². The predicted octanol–water partition coefficient (Wildman–Crippen LogP) is 4.38. The van der Waals surface area contributed by atoms with E-state index in [0.717, 1.165) is 11.1 Å². The van der Waals surface area contributed by atoms with Gasteiger partial charge in [0.2, 0.25) is 5.43 Å². The van der Waals surface area contributed by atoms with E-state index in [0.29, 0.717) is 35.5 Å². The van der Waals surface area contributed by atoms with Crippen molar-refractivity contribution in [3.63, 3.8) is 0 Å². The predicted molar refractivity (Wildman–Crippen MR) is 118 cm³/mol. The molecule has 0 amide bonds. The molecule has 5 rings (SSSR count). The molecule has 1 fully saturated rings. The molecule has 3 heterocycles. The summed E-state index contributed by atoms with van der Waals surface area (Å²) in [6, 6.07) is 5.09. The summed E-state index contributed by atoms with van der Waals surface area (Å²) in [7, 11) is 0. The molecule has 1 aromatic heterocycles. The zero-order valence-electron chi connectivity index (χ0n) is 18.5. The van der Waals surface area contributed by atoms with Gasteiger partial charge in [0.1, 0.15) is 28.1 Å². The van der Waals surface area contributed by atoms with Crippen LogP contribution in [0.2, 0.25) is 0 Å². The topological polar surface area (TPSA) is 92.4 Å². The molecule has 0 spiro atoms. The number of phenols is 1. The Kier molecular flexibility index (Phi) is 4.40. The summed E-state index contributed by atoms with van der Waals surface area (Å²) in [4.78, 5) is 13.7. The average molecular weight is 424 g/mol. The van der Waals surface area contributed by atoms with Gasteiger partial charge in [0.15, 0.2) is 0 Å². The van der Waals surface area contributed by atoms with Crippen LogP contribution in [0, 0.1) is 18.8 Å². The van der Waals surface area contributed by atoms with Gasteiger partial charge in [0, 0.05) is 17.9 Å². The van der Waals surface area contributed by atoms with Crippen LogP contribution in [0.3, 0.4) is 0 Å². The molecule has 2 N–H and O–H groups in total. The Hall–Kier alpha value is -2.57. The molecule has 2 aromatic carbocycles. The third kappa shape index (κ3) is 3.04. The van der Waals surface area contributed by atoms with Crippen molar-refractivity contribution in [2.75, 3.05) is 6.61 Å². The van der Waals surface area contributed by atoms with Crippen LogP contribution >= 0.6 is 0 Å². The second-order valence-corrected chi connectivity index (χ2v) is 9.77. The van der Waals surface area contributed by atoms with Crippen LogP contribution in [-0.2, 0) is 11.2 Å². The standard InChI is InChI=1S/C25H28O6/c1-11(2)14-10-29-23-12(3)8-16-19(20(23)21(14)27)22(28)18-15(26)7-6-13(24(18)30-16)9-17-25(4,5)31-17/h6-8,11,14,17,21,26-27H,9-10H2,1-5H3/t14-,17+,21-/m1/s1. The van der Waals surface area contributed by atoms with Crippen LogP contribution < -0.4 is 10.2 Å². The third-order valence-corrected chi connectivity index (χ3v) is 6.90. The number of hydrogen-bond donors (Lipinski definition) is 2. The molecule has 1 saturated heterocycles. The number of aliphatic hydroxyl groups excluding tert-OH is 1. The minimum atomic E-state index is -0.850. The van der Waals surface area contributed by atoms with E-state index >= 15 is 0 Å². The van der Waals surface area contributed by atoms with Crippen molar-refractivity contribution >= 4 is 21.9 Å². The summed E-state index contributed by atoms with van der Waals surface area (Å²) in [6.07, 6.45) is -0.227. The van der Waals surface area contributed by atoms with Gasteiger partial charge in [-0.05, 0) is 49.9 Å². The van der Waals surface area contributed by atoms with E-state index in [4.69, 9.17) is 13.9 Å². The molecule has 0 saturated carbocycles. The van der Waals surface area contributed by atoms with Crippen LogP contribution in [0.5, 0.6) is 11.5 Å². The molecule has 2 aliphatic heterocycles. The molecule has 0 radical (unpaired) electrons. The van der Waals surface area contributed by atoms with Gasteiger partial charge in [0.05, 0.1) is 29.8 Å². The van der Waals surface area contributed by atoms with Gasteiger partial charge in [0.25, 0.3) is 0 Å². The minimum Gasteiger partial charge on any atom is -0.507 e. The fourth-order valence-corrected chi connectivity index (χ4v) is 4.79. The van der Waals surface area contributed by atoms with Crippen molar-refractivity contribution < 1.29 is 24.1 Å². The highest BCUT2D eigenvalue weighted by Gasteiger charge is 2.47. The van der Waals surface area contributed by atoms with Crippen molar-refractivity contribution in [2.24, 2.45) is 11.8 Å². The molecule has 6 nitrogen and oxygen atoms in total. The second-order valence-electron chi connectivity index (χ2n) is 9.77. The fraction of sp³-hybridized carbons (Fsp3) is 0.480. The number of fused-ring (bicyclic) bond motifs is 4. The Balaban J connectivity index is 1.80. The lowest BCUT2D eigenvalue weighted by Gasteiger charge is -2.34. The van der Waals surface area contributed by atoms with Crippen molar-refractivity contribution in [1.82, 2.24) is 0 Å². The number of epoxide rings is 1. The molecule has 3 aromatic rings. The van der Waals surface area contributed by atoms with E-state index < -0.39 is 6.10 Å². The number of aliphatic hydroxyl groups is 1. The number of aromatic hydroxyl groups is 1. The quantitative estimate of drug-likeness (QED) is 0.479. The lowest BCUT2D eigenvalue weighted by atomic mass is 9.82. The number of phenolic OH excluding ortho intramolecular Hbond substituents is 1. The lowest BCUT2D eigenvalue weighted by Crippen LogP contribution is -2.31. The third-order valence-electron chi connectivity index (χ3n) is 6.90. The maximum Gasteiger partial charge on any atom is 0.204 e. The Labute approximate surface area is 180 Å². The maximum atomic E-state index is 13.7. The first-order valence-electron chi connectivity index (χ1n) is 10.8. The van der Waals surface area contributed by atoms with Gasteiger partial charge < -0.3 is 24.1 Å². The maximum absolute atomic E-state index is 13.7. The monoisotopic (exact) mass is 424 g/mol. The molecule has 0 unspecified atom stereocenters. The summed E-state index contributed by atoms with van der Waals surface area (Å²) < 4.78 is 18.0. The molecule has 2 aliphatic rings. The van der Waals surface area contributed by atoms with E-state index in [1.807, 2.05) is 34.6 Å². The molecule has 3 atom stereocenters. The van der Waals surface area contributed by atoms with E-state index in [-0.39, 0.29) is 45.5 Å². The molecular formula is C25H28O6. The largest absolute Gasteiger partial charge is 0.507 e. The molecule has 31 heavy (non-hydrogen) atoms. The average Bonchev–Trinajstić information content (AvgIpc) is 3.29. The van der Waals surface area contributed by atoms with Crippen LogP contribution in [0.1, 0.15) is 50.5 Å². The number of rotatable bonds is 3. The molecule has 164 valence electrons. The lowest BCUT2D eigenvalue weighted by molar-refractivity contribution is 0.0271. The SMILES string of the molecule is Cc1cc2oc3c(C[C@@H]4OC4(C)C)ccc(O)c3c(=O)c2c2c1OC[C@H](C(C)C)[C@H]2O. The summed E-state index contributed by atoms with van der Waals surface area (Å²) in [6.45, 7) is 10.4. The van der Waals surface area contributed by atoms with E-state index in [2.05, 4.69) is 0 Å². The number of ether oxygens (including phenoxy) is 2. The van der Waals surface area contributed by atoms with Gasteiger partial charge >= 0.3 is 0 Å². The first-order chi connectivity index (χ1) is 14.6. The van der Waals surface area contributed by atoms with Crippen LogP contribution in [0.4, 0.5) is 0 Å².